The molecule has 1 amide bonds. The molecule has 1 aliphatic rings. The lowest BCUT2D eigenvalue weighted by atomic mass is 9.95. The molecule has 1 N–H and O–H groups in total. The molecule has 8 heteroatoms. The molecule has 1 atom stereocenters. The minimum Gasteiger partial charge on any atom is -0.507 e. The number of nitrogens with zero attached hydrogens (tertiary/aromatic N) is 1. The molecule has 37 heavy (non-hydrogen) atoms. The largest absolute Gasteiger partial charge is 0.507 e. The Kier molecular flexibility index (Phi) is 7.74. The van der Waals surface area contributed by atoms with Crippen molar-refractivity contribution >= 4 is 29.1 Å². The summed E-state index contributed by atoms with van der Waals surface area (Å²) in [5.74, 6) is -0.162. The topological polar surface area (TPSA) is 85.3 Å². The van der Waals surface area contributed by atoms with Crippen LogP contribution >= 0.6 is 11.6 Å². The van der Waals surface area contributed by atoms with Gasteiger partial charge in [-0.1, -0.05) is 41.9 Å². The maximum absolute atomic E-state index is 13.4. The van der Waals surface area contributed by atoms with Gasteiger partial charge >= 0.3 is 0 Å². The number of benzene rings is 3. The fraction of sp³-hybridized carbons (Fsp3) is 0.241. The monoisotopic (exact) mass is 521 g/mol. The highest BCUT2D eigenvalue weighted by Crippen LogP contribution is 2.42. The molecule has 7 nitrogen and oxygen atoms in total. The van der Waals surface area contributed by atoms with Gasteiger partial charge in [0, 0.05) is 11.1 Å². The van der Waals surface area contributed by atoms with Gasteiger partial charge in [-0.3, -0.25) is 9.59 Å². The van der Waals surface area contributed by atoms with Crippen LogP contribution in [0.15, 0.2) is 72.3 Å². The van der Waals surface area contributed by atoms with Gasteiger partial charge in [0.25, 0.3) is 11.7 Å². The Morgan fingerprint density at radius 1 is 0.973 bits per heavy atom. The fourth-order valence-electron chi connectivity index (χ4n) is 4.38. The van der Waals surface area contributed by atoms with Crippen molar-refractivity contribution < 1.29 is 28.9 Å². The van der Waals surface area contributed by atoms with E-state index in [1.807, 2.05) is 32.0 Å². The molecule has 3 aromatic carbocycles. The van der Waals surface area contributed by atoms with Crippen molar-refractivity contribution in [3.05, 3.63) is 94.0 Å². The first-order valence-electron chi connectivity index (χ1n) is 11.8. The summed E-state index contributed by atoms with van der Waals surface area (Å²) in [7, 11) is 3.03. The zero-order chi connectivity index (χ0) is 26.7. The lowest BCUT2D eigenvalue weighted by Gasteiger charge is -2.26. The van der Waals surface area contributed by atoms with Crippen LogP contribution in [0, 0.1) is 0 Å². The molecule has 192 valence electrons. The Labute approximate surface area is 220 Å². The van der Waals surface area contributed by atoms with E-state index < -0.39 is 17.7 Å². The van der Waals surface area contributed by atoms with Crippen molar-refractivity contribution in [2.75, 3.05) is 14.2 Å². The molecule has 1 unspecified atom stereocenters. The van der Waals surface area contributed by atoms with E-state index in [2.05, 4.69) is 0 Å². The zero-order valence-electron chi connectivity index (χ0n) is 21.0. The third-order valence-corrected chi connectivity index (χ3v) is 6.36. The Bertz CT molecular complexity index is 1350. The number of para-hydroxylation sites is 1. The molecule has 0 radical (unpaired) electrons. The number of methoxy groups -OCH3 is 2. The summed E-state index contributed by atoms with van der Waals surface area (Å²) >= 11 is 6.28. The Hall–Kier alpha value is -3.97. The number of aliphatic hydroxyl groups is 1. The fourth-order valence-corrected chi connectivity index (χ4v) is 4.63. The summed E-state index contributed by atoms with van der Waals surface area (Å²) in [5, 5.41) is 11.6. The predicted octanol–water partition coefficient (Wildman–Crippen LogP) is 5.77. The number of Topliss-reactive ketones (excluding diaryl/α,β-unsaturated/α-hetero) is 1. The second kappa shape index (κ2) is 11.0. The Morgan fingerprint density at radius 2 is 1.65 bits per heavy atom. The summed E-state index contributed by atoms with van der Waals surface area (Å²) in [6.45, 7) is 3.95. The van der Waals surface area contributed by atoms with Gasteiger partial charge in [0.05, 0.1) is 43.5 Å². The molecular weight excluding hydrogens is 494 g/mol. The van der Waals surface area contributed by atoms with E-state index in [-0.39, 0.29) is 29.0 Å². The van der Waals surface area contributed by atoms with Gasteiger partial charge in [-0.25, -0.2) is 0 Å². The number of hydrogen-bond donors (Lipinski definition) is 1. The molecule has 1 fully saturated rings. The number of ether oxygens (including phenoxy) is 3. The van der Waals surface area contributed by atoms with E-state index in [1.165, 1.54) is 18.1 Å². The summed E-state index contributed by atoms with van der Waals surface area (Å²) in [5.41, 5.74) is 1.64. The van der Waals surface area contributed by atoms with Crippen molar-refractivity contribution in [3.8, 4) is 17.2 Å². The molecule has 0 spiro atoms. The number of carbonyl (C=O) groups is 2. The summed E-state index contributed by atoms with van der Waals surface area (Å²) in [6.07, 6.45) is -0.0122. The van der Waals surface area contributed by atoms with Crippen LogP contribution in [0.5, 0.6) is 17.2 Å². The van der Waals surface area contributed by atoms with Gasteiger partial charge in [0.15, 0.2) is 0 Å². The van der Waals surface area contributed by atoms with Crippen molar-refractivity contribution in [3.63, 3.8) is 0 Å². The number of aliphatic hydroxyl groups excluding tert-OH is 1. The van der Waals surface area contributed by atoms with Gasteiger partial charge in [0.1, 0.15) is 23.0 Å². The zero-order valence-corrected chi connectivity index (χ0v) is 21.8. The first kappa shape index (κ1) is 26.1. The number of rotatable bonds is 8. The van der Waals surface area contributed by atoms with E-state index in [9.17, 15) is 14.7 Å². The minimum atomic E-state index is -0.848. The standard InChI is InChI=1S/C29H28ClNO6/c1-17(2)37-21-12-9-18(10-13-21)26-25(27(32)19-11-14-24(36-4)22(30)15-19)28(33)29(34)31(26)16-20-7-5-6-8-23(20)35-3/h5-15,17,26,32H,16H2,1-4H3/b27-25-. The normalized spacial score (nSPS) is 16.8. The van der Waals surface area contributed by atoms with Gasteiger partial charge in [-0.05, 0) is 55.8 Å². The predicted molar refractivity (Wildman–Crippen MR) is 141 cm³/mol. The second-order valence-electron chi connectivity index (χ2n) is 8.82. The van der Waals surface area contributed by atoms with Crippen LogP contribution in [0.2, 0.25) is 5.02 Å². The van der Waals surface area contributed by atoms with Crippen LogP contribution in [0.1, 0.15) is 36.6 Å². The van der Waals surface area contributed by atoms with Crippen LogP contribution in [-0.2, 0) is 16.1 Å². The van der Waals surface area contributed by atoms with Crippen molar-refractivity contribution in [1.82, 2.24) is 4.90 Å². The van der Waals surface area contributed by atoms with Crippen molar-refractivity contribution in [1.29, 1.82) is 0 Å². The Morgan fingerprint density at radius 3 is 2.27 bits per heavy atom. The summed E-state index contributed by atoms with van der Waals surface area (Å²) in [4.78, 5) is 28.1. The molecule has 1 saturated heterocycles. The average molecular weight is 522 g/mol. The summed E-state index contributed by atoms with van der Waals surface area (Å²) in [6, 6.07) is 18.3. The lowest BCUT2D eigenvalue weighted by molar-refractivity contribution is -0.140. The molecule has 3 aromatic rings. The SMILES string of the molecule is COc1ccc(/C(O)=C2/C(=O)C(=O)N(Cc3ccccc3OC)C2c2ccc(OC(C)C)cc2)cc1Cl. The average Bonchev–Trinajstić information content (AvgIpc) is 3.13. The van der Waals surface area contributed by atoms with Crippen LogP contribution < -0.4 is 14.2 Å². The van der Waals surface area contributed by atoms with Crippen molar-refractivity contribution in [2.24, 2.45) is 0 Å². The highest BCUT2D eigenvalue weighted by atomic mass is 35.5. The number of hydrogen-bond acceptors (Lipinski definition) is 6. The molecule has 1 aliphatic heterocycles. The van der Waals surface area contributed by atoms with Gasteiger partial charge in [0.2, 0.25) is 0 Å². The highest BCUT2D eigenvalue weighted by Gasteiger charge is 2.46. The number of halogens is 1. The molecule has 0 aromatic heterocycles. The van der Waals surface area contributed by atoms with E-state index >= 15 is 0 Å². The molecule has 0 aliphatic carbocycles. The first-order valence-corrected chi connectivity index (χ1v) is 12.1. The summed E-state index contributed by atoms with van der Waals surface area (Å²) < 4.78 is 16.4. The van der Waals surface area contributed by atoms with Gasteiger partial charge < -0.3 is 24.2 Å². The van der Waals surface area contributed by atoms with Crippen LogP contribution in [0.3, 0.4) is 0 Å². The smallest absolute Gasteiger partial charge is 0.295 e. The quantitative estimate of drug-likeness (QED) is 0.230. The van der Waals surface area contributed by atoms with Crippen LogP contribution in [-0.4, -0.2) is 42.0 Å². The third kappa shape index (κ3) is 5.27. The molecular formula is C29H28ClNO6. The lowest BCUT2D eigenvalue weighted by Crippen LogP contribution is -2.29. The van der Waals surface area contributed by atoms with E-state index in [4.69, 9.17) is 25.8 Å². The first-order chi connectivity index (χ1) is 17.7. The number of ketones is 1. The third-order valence-electron chi connectivity index (χ3n) is 6.07. The van der Waals surface area contributed by atoms with Crippen LogP contribution in [0.4, 0.5) is 0 Å². The number of amides is 1. The number of likely N-dealkylation sites (tertiary alicyclic amines) is 1. The van der Waals surface area contributed by atoms with Gasteiger partial charge in [-0.15, -0.1) is 0 Å². The highest BCUT2D eigenvalue weighted by molar-refractivity contribution is 6.46. The van der Waals surface area contributed by atoms with E-state index in [0.717, 1.165) is 5.56 Å². The second-order valence-corrected chi connectivity index (χ2v) is 9.23. The minimum absolute atomic E-state index is 0.0122. The Balaban J connectivity index is 1.85. The number of carbonyl (C=O) groups excluding carboxylic acids is 2. The molecule has 4 rings (SSSR count). The molecule has 0 bridgehead atoms. The van der Waals surface area contributed by atoms with Crippen molar-refractivity contribution in [2.45, 2.75) is 32.5 Å². The van der Waals surface area contributed by atoms with Crippen LogP contribution in [0.25, 0.3) is 5.76 Å². The maximum Gasteiger partial charge on any atom is 0.295 e. The maximum atomic E-state index is 13.4. The molecule has 1 heterocycles. The van der Waals surface area contributed by atoms with Gasteiger partial charge in [-0.2, -0.15) is 0 Å². The van der Waals surface area contributed by atoms with E-state index in [0.29, 0.717) is 28.4 Å². The molecule has 0 saturated carbocycles. The van der Waals surface area contributed by atoms with E-state index in [1.54, 1.807) is 49.6 Å².